The highest BCUT2D eigenvalue weighted by Crippen LogP contribution is 2.23. The minimum atomic E-state index is -0.564. The number of rotatable bonds is 7. The zero-order valence-electron chi connectivity index (χ0n) is 14.1. The van der Waals surface area contributed by atoms with Gasteiger partial charge in [0, 0.05) is 12.1 Å². The van der Waals surface area contributed by atoms with Gasteiger partial charge in [0.05, 0.1) is 6.20 Å². The second-order valence-electron chi connectivity index (χ2n) is 6.11. The quantitative estimate of drug-likeness (QED) is 0.591. The molecule has 25 heavy (non-hydrogen) atoms. The fourth-order valence-corrected chi connectivity index (χ4v) is 2.89. The van der Waals surface area contributed by atoms with Gasteiger partial charge in [-0.2, -0.15) is 0 Å². The number of nitrogens with zero attached hydrogens (tertiary/aromatic N) is 2. The number of hydrogen-bond donors (Lipinski definition) is 2. The first-order valence-corrected chi connectivity index (χ1v) is 8.58. The van der Waals surface area contributed by atoms with Crippen LogP contribution in [0.3, 0.4) is 0 Å². The third-order valence-corrected chi connectivity index (χ3v) is 4.25. The topological polar surface area (TPSA) is 87.8 Å². The molecule has 1 aromatic carbocycles. The highest BCUT2D eigenvalue weighted by molar-refractivity contribution is 5.76. The molecule has 0 saturated carbocycles. The number of amides is 1. The van der Waals surface area contributed by atoms with Crippen LogP contribution in [0.1, 0.15) is 25.2 Å². The molecule has 0 spiro atoms. The van der Waals surface area contributed by atoms with Crippen LogP contribution in [-0.2, 0) is 11.2 Å². The van der Waals surface area contributed by atoms with Crippen molar-refractivity contribution in [3.63, 3.8) is 0 Å². The van der Waals surface area contributed by atoms with Crippen molar-refractivity contribution < 1.29 is 19.2 Å². The van der Waals surface area contributed by atoms with E-state index in [2.05, 4.69) is 9.88 Å². The minimum Gasteiger partial charge on any atom is -0.492 e. The number of carbonyl (C=O) groups excluding carboxylic acids is 1. The smallest absolute Gasteiger partial charge is 0.252 e. The van der Waals surface area contributed by atoms with Gasteiger partial charge in [-0.3, -0.25) is 14.9 Å². The lowest BCUT2D eigenvalue weighted by Gasteiger charge is -2.26. The van der Waals surface area contributed by atoms with Crippen molar-refractivity contribution in [2.75, 3.05) is 26.2 Å². The van der Waals surface area contributed by atoms with E-state index in [1.807, 2.05) is 24.3 Å². The van der Waals surface area contributed by atoms with Crippen molar-refractivity contribution in [2.24, 2.45) is 0 Å². The monoisotopic (exact) mass is 345 g/mol. The van der Waals surface area contributed by atoms with E-state index in [-0.39, 0.29) is 12.3 Å². The first-order valence-electron chi connectivity index (χ1n) is 8.58. The van der Waals surface area contributed by atoms with E-state index in [9.17, 15) is 4.79 Å². The van der Waals surface area contributed by atoms with Gasteiger partial charge in [0.15, 0.2) is 5.76 Å². The molecule has 0 bridgehead atoms. The first-order chi connectivity index (χ1) is 12.2. The molecule has 7 nitrogen and oxygen atoms in total. The van der Waals surface area contributed by atoms with Crippen molar-refractivity contribution in [2.45, 2.75) is 25.7 Å². The largest absolute Gasteiger partial charge is 0.492 e. The number of ether oxygens (including phenoxy) is 1. The van der Waals surface area contributed by atoms with Gasteiger partial charge in [-0.15, -0.1) is 0 Å². The summed E-state index contributed by atoms with van der Waals surface area (Å²) >= 11 is 0. The van der Waals surface area contributed by atoms with Crippen LogP contribution in [0.5, 0.6) is 5.75 Å². The minimum absolute atomic E-state index is 0.103. The van der Waals surface area contributed by atoms with E-state index in [1.165, 1.54) is 32.4 Å². The predicted octanol–water partition coefficient (Wildman–Crippen LogP) is 2.25. The molecule has 1 aliphatic rings. The van der Waals surface area contributed by atoms with Gasteiger partial charge in [0.1, 0.15) is 18.8 Å². The second-order valence-corrected chi connectivity index (χ2v) is 6.11. The van der Waals surface area contributed by atoms with Crippen molar-refractivity contribution in [1.29, 1.82) is 0 Å². The molecule has 2 aromatic rings. The second kappa shape index (κ2) is 8.64. The number of piperidine rings is 1. The summed E-state index contributed by atoms with van der Waals surface area (Å²) in [7, 11) is 0. The zero-order chi connectivity index (χ0) is 17.5. The summed E-state index contributed by atoms with van der Waals surface area (Å²) in [5.74, 6) is 1.08. The highest BCUT2D eigenvalue weighted by atomic mass is 16.5. The maximum absolute atomic E-state index is 11.1. The summed E-state index contributed by atoms with van der Waals surface area (Å²) in [4.78, 5) is 17.6. The molecule has 7 heteroatoms. The number of carbonyl (C=O) groups is 1. The van der Waals surface area contributed by atoms with E-state index < -0.39 is 5.91 Å². The molecule has 0 atom stereocenters. The number of hydroxylamine groups is 1. The Morgan fingerprint density at radius 2 is 2.00 bits per heavy atom. The van der Waals surface area contributed by atoms with Crippen molar-refractivity contribution in [3.8, 4) is 17.1 Å². The molecule has 1 amide bonds. The fraction of sp³-hybridized carbons (Fsp3) is 0.444. The molecule has 1 aromatic heterocycles. The number of likely N-dealkylation sites (tertiary alicyclic amines) is 1. The molecule has 1 fully saturated rings. The van der Waals surface area contributed by atoms with Gasteiger partial charge in [-0.1, -0.05) is 6.42 Å². The van der Waals surface area contributed by atoms with Gasteiger partial charge in [0.25, 0.3) is 5.91 Å². The SMILES string of the molecule is O=C(Cc1ncc(-c2ccc(OCCN3CCCCC3)cc2)o1)NO. The predicted molar refractivity (Wildman–Crippen MR) is 91.4 cm³/mol. The molecule has 0 unspecified atom stereocenters. The summed E-state index contributed by atoms with van der Waals surface area (Å²) < 4.78 is 11.3. The summed E-state index contributed by atoms with van der Waals surface area (Å²) in [5.41, 5.74) is 2.41. The van der Waals surface area contributed by atoms with E-state index in [0.717, 1.165) is 17.9 Å². The van der Waals surface area contributed by atoms with Crippen LogP contribution in [0.25, 0.3) is 11.3 Å². The number of oxazole rings is 1. The van der Waals surface area contributed by atoms with Crippen LogP contribution >= 0.6 is 0 Å². The van der Waals surface area contributed by atoms with Gasteiger partial charge in [-0.25, -0.2) is 10.5 Å². The van der Waals surface area contributed by atoms with Gasteiger partial charge >= 0.3 is 0 Å². The fourth-order valence-electron chi connectivity index (χ4n) is 2.89. The molecule has 3 rings (SSSR count). The number of nitrogens with one attached hydrogen (secondary N) is 1. The van der Waals surface area contributed by atoms with Gasteiger partial charge < -0.3 is 9.15 Å². The summed E-state index contributed by atoms with van der Waals surface area (Å²) in [6.45, 7) is 3.98. The third kappa shape index (κ3) is 5.04. The average molecular weight is 345 g/mol. The Labute approximate surface area is 146 Å². The maximum Gasteiger partial charge on any atom is 0.252 e. The van der Waals surface area contributed by atoms with Crippen LogP contribution < -0.4 is 10.2 Å². The standard InChI is InChI=1S/C18H23N3O4/c22-17(20-23)12-18-19-13-16(25-18)14-4-6-15(7-5-14)24-11-10-21-8-2-1-3-9-21/h4-7,13,23H,1-3,8-12H2,(H,20,22). The average Bonchev–Trinajstić information content (AvgIpc) is 3.11. The van der Waals surface area contributed by atoms with E-state index >= 15 is 0 Å². The summed E-state index contributed by atoms with van der Waals surface area (Å²) in [6, 6.07) is 7.58. The molecular weight excluding hydrogens is 322 g/mol. The summed E-state index contributed by atoms with van der Waals surface area (Å²) in [5, 5.41) is 8.52. The Hall–Kier alpha value is -2.38. The number of benzene rings is 1. The van der Waals surface area contributed by atoms with E-state index in [1.54, 1.807) is 11.7 Å². The Bertz CT molecular complexity index is 678. The molecule has 2 heterocycles. The molecule has 1 aliphatic heterocycles. The zero-order valence-corrected chi connectivity index (χ0v) is 14.1. The van der Waals surface area contributed by atoms with Crippen LogP contribution in [0.15, 0.2) is 34.9 Å². The molecular formula is C18H23N3O4. The van der Waals surface area contributed by atoms with Crippen molar-refractivity contribution in [3.05, 3.63) is 36.4 Å². The lowest BCUT2D eigenvalue weighted by atomic mass is 10.1. The van der Waals surface area contributed by atoms with E-state index in [4.69, 9.17) is 14.4 Å². The van der Waals surface area contributed by atoms with E-state index in [0.29, 0.717) is 12.4 Å². The van der Waals surface area contributed by atoms with Gasteiger partial charge in [0.2, 0.25) is 5.89 Å². The summed E-state index contributed by atoms with van der Waals surface area (Å²) in [6.07, 6.45) is 5.37. The lowest BCUT2D eigenvalue weighted by molar-refractivity contribution is -0.128. The van der Waals surface area contributed by atoms with Crippen LogP contribution in [-0.4, -0.2) is 47.2 Å². The maximum atomic E-state index is 11.1. The van der Waals surface area contributed by atoms with Crippen molar-refractivity contribution in [1.82, 2.24) is 15.4 Å². The molecule has 1 saturated heterocycles. The molecule has 0 aliphatic carbocycles. The van der Waals surface area contributed by atoms with Crippen LogP contribution in [0, 0.1) is 0 Å². The Kier molecular flexibility index (Phi) is 6.03. The Morgan fingerprint density at radius 1 is 1.24 bits per heavy atom. The lowest BCUT2D eigenvalue weighted by Crippen LogP contribution is -2.33. The van der Waals surface area contributed by atoms with Crippen LogP contribution in [0.2, 0.25) is 0 Å². The number of aromatic nitrogens is 1. The third-order valence-electron chi connectivity index (χ3n) is 4.25. The molecule has 0 radical (unpaired) electrons. The molecule has 134 valence electrons. The first kappa shape index (κ1) is 17.4. The molecule has 2 N–H and O–H groups in total. The highest BCUT2D eigenvalue weighted by Gasteiger charge is 2.11. The van der Waals surface area contributed by atoms with Crippen molar-refractivity contribution >= 4 is 5.91 Å². The van der Waals surface area contributed by atoms with Gasteiger partial charge in [-0.05, 0) is 50.2 Å². The van der Waals surface area contributed by atoms with Crippen LogP contribution in [0.4, 0.5) is 0 Å². The Morgan fingerprint density at radius 3 is 2.72 bits per heavy atom. The normalized spacial score (nSPS) is 15.1. The number of hydrogen-bond acceptors (Lipinski definition) is 6. The Balaban J connectivity index is 1.50.